The van der Waals surface area contributed by atoms with Gasteiger partial charge in [0.05, 0.1) is 6.61 Å². The fraction of sp³-hybridized carbons (Fsp3) is 0.448. The topological polar surface area (TPSA) is 125 Å². The summed E-state index contributed by atoms with van der Waals surface area (Å²) in [6.07, 6.45) is 2.39. The van der Waals surface area contributed by atoms with Crippen LogP contribution in [0.4, 0.5) is 4.79 Å². The maximum absolute atomic E-state index is 13.8. The first-order valence-electron chi connectivity index (χ1n) is 13.4. The number of carbonyl (C=O) groups is 4. The Labute approximate surface area is 228 Å². The van der Waals surface area contributed by atoms with E-state index >= 15 is 0 Å². The highest BCUT2D eigenvalue weighted by molar-refractivity contribution is 5.90. The summed E-state index contributed by atoms with van der Waals surface area (Å²) in [6, 6.07) is 17.1. The van der Waals surface area contributed by atoms with E-state index in [1.54, 1.807) is 12.1 Å². The quantitative estimate of drug-likeness (QED) is 0.285. The molecule has 3 amide bonds. The summed E-state index contributed by atoms with van der Waals surface area (Å²) in [5.41, 5.74) is 4.02. The fourth-order valence-corrected chi connectivity index (χ4v) is 4.49. The molecule has 10 nitrogen and oxygen atoms in total. The third-order valence-corrected chi connectivity index (χ3v) is 6.53. The largest absolute Gasteiger partial charge is 0.480 e. The number of carboxylic acid groups (broad SMARTS) is 1. The summed E-state index contributed by atoms with van der Waals surface area (Å²) in [5, 5.41) is 12.0. The Morgan fingerprint density at radius 3 is 2.23 bits per heavy atom. The van der Waals surface area contributed by atoms with Gasteiger partial charge in [-0.15, -0.1) is 0 Å². The number of ether oxygens (including phenoxy) is 1. The second kappa shape index (κ2) is 15.5. The Hall–Kier alpha value is -3.92. The minimum absolute atomic E-state index is 0.0168. The van der Waals surface area contributed by atoms with Crippen molar-refractivity contribution in [2.45, 2.75) is 71.1 Å². The molecule has 1 aliphatic rings. The normalized spacial score (nSPS) is 15.9. The summed E-state index contributed by atoms with van der Waals surface area (Å²) in [6.45, 7) is 2.31. The van der Waals surface area contributed by atoms with Gasteiger partial charge in [-0.05, 0) is 30.4 Å². The molecule has 0 saturated carbocycles. The SMILES string of the molecule is CCCCC[C@@H](CC(=O)NOCc1ccccc1)C(=O)N1[C@H](C(=O)O)CCCN1C(=O)OCc1ccccc1. The molecule has 0 unspecified atom stereocenters. The van der Waals surface area contributed by atoms with Crippen LogP contribution < -0.4 is 5.48 Å². The minimum atomic E-state index is -1.23. The predicted octanol–water partition coefficient (Wildman–Crippen LogP) is 4.45. The van der Waals surface area contributed by atoms with E-state index in [0.29, 0.717) is 19.3 Å². The number of carboxylic acids is 1. The van der Waals surface area contributed by atoms with Crippen molar-refractivity contribution in [3.05, 3.63) is 71.8 Å². The summed E-state index contributed by atoms with van der Waals surface area (Å²) in [7, 11) is 0. The number of hydrazine groups is 1. The average molecular weight is 540 g/mol. The molecule has 0 radical (unpaired) electrons. The molecule has 2 aromatic carbocycles. The van der Waals surface area contributed by atoms with Gasteiger partial charge in [0.15, 0.2) is 6.04 Å². The second-order valence-corrected chi connectivity index (χ2v) is 9.54. The van der Waals surface area contributed by atoms with Crippen molar-refractivity contribution < 1.29 is 33.9 Å². The Morgan fingerprint density at radius 2 is 1.62 bits per heavy atom. The molecule has 2 N–H and O–H groups in total. The standard InChI is InChI=1S/C29H37N3O7/c1-2-3-6-16-24(19-26(33)30-39-21-23-14-9-5-10-15-23)27(34)32-25(28(35)36)17-11-18-31(32)29(37)38-20-22-12-7-4-8-13-22/h4-5,7-10,12-15,24-25H,2-3,6,11,16-21H2,1H3,(H,30,33)(H,35,36)/t24-,25-/m0/s1. The lowest BCUT2D eigenvalue weighted by molar-refractivity contribution is -0.174. The fourth-order valence-electron chi connectivity index (χ4n) is 4.49. The molecule has 210 valence electrons. The molecule has 0 bridgehead atoms. The molecule has 0 aliphatic carbocycles. The maximum atomic E-state index is 13.8. The summed E-state index contributed by atoms with van der Waals surface area (Å²) < 4.78 is 5.43. The van der Waals surface area contributed by atoms with E-state index in [1.807, 2.05) is 55.5 Å². The molecule has 0 spiro atoms. The van der Waals surface area contributed by atoms with E-state index in [4.69, 9.17) is 9.57 Å². The molecule has 3 rings (SSSR count). The van der Waals surface area contributed by atoms with Crippen molar-refractivity contribution in [3.63, 3.8) is 0 Å². The van der Waals surface area contributed by atoms with Gasteiger partial charge >= 0.3 is 12.1 Å². The molecule has 2 atom stereocenters. The van der Waals surface area contributed by atoms with Crippen LogP contribution in [0.1, 0.15) is 63.0 Å². The van der Waals surface area contributed by atoms with Gasteiger partial charge in [0.25, 0.3) is 0 Å². The van der Waals surface area contributed by atoms with Gasteiger partial charge in [0.1, 0.15) is 6.61 Å². The number of carbonyl (C=O) groups excluding carboxylic acids is 3. The van der Waals surface area contributed by atoms with Crippen molar-refractivity contribution in [2.75, 3.05) is 6.54 Å². The smallest absolute Gasteiger partial charge is 0.429 e. The van der Waals surface area contributed by atoms with Crippen LogP contribution in [-0.2, 0) is 37.2 Å². The number of benzene rings is 2. The molecular weight excluding hydrogens is 502 g/mol. The molecule has 1 heterocycles. The van der Waals surface area contributed by atoms with E-state index < -0.39 is 35.8 Å². The van der Waals surface area contributed by atoms with E-state index in [0.717, 1.165) is 34.0 Å². The van der Waals surface area contributed by atoms with Gasteiger partial charge < -0.3 is 9.84 Å². The van der Waals surface area contributed by atoms with Crippen molar-refractivity contribution in [3.8, 4) is 0 Å². The Morgan fingerprint density at radius 1 is 0.974 bits per heavy atom. The molecule has 1 fully saturated rings. The zero-order valence-corrected chi connectivity index (χ0v) is 22.3. The van der Waals surface area contributed by atoms with E-state index in [-0.39, 0.29) is 32.6 Å². The number of aliphatic carboxylic acids is 1. The molecule has 1 saturated heterocycles. The van der Waals surface area contributed by atoms with Gasteiger partial charge in [-0.3, -0.25) is 14.4 Å². The van der Waals surface area contributed by atoms with Crippen LogP contribution in [0.5, 0.6) is 0 Å². The lowest BCUT2D eigenvalue weighted by Crippen LogP contribution is -2.61. The summed E-state index contributed by atoms with van der Waals surface area (Å²) >= 11 is 0. The van der Waals surface area contributed by atoms with Crippen LogP contribution in [0.3, 0.4) is 0 Å². The Kier molecular flexibility index (Phi) is 11.8. The minimum Gasteiger partial charge on any atom is -0.480 e. The second-order valence-electron chi connectivity index (χ2n) is 9.54. The van der Waals surface area contributed by atoms with Gasteiger partial charge in [-0.1, -0.05) is 86.8 Å². The molecule has 0 aromatic heterocycles. The predicted molar refractivity (Wildman–Crippen MR) is 142 cm³/mol. The molecular formula is C29H37N3O7. The number of nitrogens with zero attached hydrogens (tertiary/aromatic N) is 2. The highest BCUT2D eigenvalue weighted by Crippen LogP contribution is 2.26. The van der Waals surface area contributed by atoms with Crippen LogP contribution in [0.15, 0.2) is 60.7 Å². The van der Waals surface area contributed by atoms with Gasteiger partial charge in [0, 0.05) is 18.9 Å². The number of hydrogen-bond acceptors (Lipinski definition) is 6. The number of unbranched alkanes of at least 4 members (excludes halogenated alkanes) is 2. The first-order valence-corrected chi connectivity index (χ1v) is 13.4. The zero-order chi connectivity index (χ0) is 28.0. The number of hydroxylamine groups is 1. The van der Waals surface area contributed by atoms with Gasteiger partial charge in [-0.2, -0.15) is 0 Å². The molecule has 39 heavy (non-hydrogen) atoms. The molecule has 10 heteroatoms. The third-order valence-electron chi connectivity index (χ3n) is 6.53. The van der Waals surface area contributed by atoms with Crippen molar-refractivity contribution in [1.29, 1.82) is 0 Å². The zero-order valence-electron chi connectivity index (χ0n) is 22.3. The lowest BCUT2D eigenvalue weighted by atomic mass is 9.94. The highest BCUT2D eigenvalue weighted by atomic mass is 16.6. The van der Waals surface area contributed by atoms with Crippen LogP contribution in [0, 0.1) is 5.92 Å². The lowest BCUT2D eigenvalue weighted by Gasteiger charge is -2.42. The van der Waals surface area contributed by atoms with E-state index in [2.05, 4.69) is 5.48 Å². The molecule has 1 aliphatic heterocycles. The van der Waals surface area contributed by atoms with Crippen molar-refractivity contribution in [2.24, 2.45) is 5.92 Å². The Balaban J connectivity index is 1.71. The van der Waals surface area contributed by atoms with Gasteiger partial charge in [0.2, 0.25) is 11.8 Å². The maximum Gasteiger partial charge on any atom is 0.429 e. The van der Waals surface area contributed by atoms with Crippen LogP contribution in [0.25, 0.3) is 0 Å². The van der Waals surface area contributed by atoms with Crippen LogP contribution in [0.2, 0.25) is 0 Å². The number of amides is 3. The van der Waals surface area contributed by atoms with Crippen LogP contribution >= 0.6 is 0 Å². The van der Waals surface area contributed by atoms with E-state index in [1.165, 1.54) is 0 Å². The number of rotatable bonds is 13. The van der Waals surface area contributed by atoms with Crippen molar-refractivity contribution in [1.82, 2.24) is 15.5 Å². The highest BCUT2D eigenvalue weighted by Gasteiger charge is 2.43. The first-order chi connectivity index (χ1) is 18.9. The summed E-state index contributed by atoms with van der Waals surface area (Å²) in [4.78, 5) is 57.0. The monoisotopic (exact) mass is 539 g/mol. The average Bonchev–Trinajstić information content (AvgIpc) is 2.95. The number of hydrogen-bond donors (Lipinski definition) is 2. The first kappa shape index (κ1) is 29.6. The van der Waals surface area contributed by atoms with Crippen molar-refractivity contribution >= 4 is 23.9 Å². The van der Waals surface area contributed by atoms with E-state index in [9.17, 15) is 24.3 Å². The molecule has 2 aromatic rings. The number of nitrogens with one attached hydrogen (secondary N) is 1. The van der Waals surface area contributed by atoms with Gasteiger partial charge in [-0.25, -0.2) is 25.1 Å². The van der Waals surface area contributed by atoms with Crippen LogP contribution in [-0.4, -0.2) is 51.6 Å². The summed E-state index contributed by atoms with van der Waals surface area (Å²) in [5.74, 6) is -3.14. The Bertz CT molecular complexity index is 1080. The third kappa shape index (κ3) is 9.10.